The first-order valence-corrected chi connectivity index (χ1v) is 9.51. The van der Waals surface area contributed by atoms with E-state index in [4.69, 9.17) is 10.5 Å². The minimum absolute atomic E-state index is 0.179. The summed E-state index contributed by atoms with van der Waals surface area (Å²) >= 11 is 1.68. The van der Waals surface area contributed by atoms with Crippen LogP contribution in [0.15, 0.2) is 41.4 Å². The first kappa shape index (κ1) is 17.7. The number of nitrogens with two attached hydrogens (primary N) is 1. The van der Waals surface area contributed by atoms with E-state index in [9.17, 15) is 4.79 Å². The number of ether oxygens (including phenoxy) is 1. The molecule has 2 N–H and O–H groups in total. The molecule has 134 valence electrons. The Kier molecular flexibility index (Phi) is 5.86. The molecule has 1 saturated heterocycles. The van der Waals surface area contributed by atoms with Gasteiger partial charge in [-0.3, -0.25) is 4.68 Å². The van der Waals surface area contributed by atoms with Crippen LogP contribution in [0.3, 0.4) is 0 Å². The average Bonchev–Trinajstić information content (AvgIpc) is 2.96. The van der Waals surface area contributed by atoms with Crippen molar-refractivity contribution >= 4 is 23.7 Å². The molecule has 0 saturated carbocycles. The van der Waals surface area contributed by atoms with Gasteiger partial charge in [0.2, 0.25) is 0 Å². The van der Waals surface area contributed by atoms with Gasteiger partial charge in [-0.05, 0) is 24.8 Å². The summed E-state index contributed by atoms with van der Waals surface area (Å²) in [5.74, 6) is 1.34. The molecule has 6 nitrogen and oxygen atoms in total. The Hall–Kier alpha value is -2.15. The number of thioether (sulfide) groups is 1. The molecule has 0 spiro atoms. The molecule has 1 amide bonds. The van der Waals surface area contributed by atoms with Gasteiger partial charge in [-0.2, -0.15) is 5.10 Å². The fraction of sp³-hybridized carbons (Fsp3) is 0.444. The lowest BCUT2D eigenvalue weighted by Crippen LogP contribution is -2.45. The Bertz CT molecular complexity index is 704. The predicted octanol–water partition coefficient (Wildman–Crippen LogP) is 3.29. The summed E-state index contributed by atoms with van der Waals surface area (Å²) in [5, 5.41) is 5.17. The van der Waals surface area contributed by atoms with Crippen molar-refractivity contribution in [2.45, 2.75) is 36.9 Å². The smallest absolute Gasteiger partial charge is 0.410 e. The van der Waals surface area contributed by atoms with Gasteiger partial charge in [-0.15, -0.1) is 11.8 Å². The van der Waals surface area contributed by atoms with Gasteiger partial charge in [0, 0.05) is 31.5 Å². The topological polar surface area (TPSA) is 73.4 Å². The lowest BCUT2D eigenvalue weighted by molar-refractivity contribution is 0.0731. The molecule has 1 fully saturated rings. The number of amides is 1. The number of piperidine rings is 1. The quantitative estimate of drug-likeness (QED) is 0.828. The Labute approximate surface area is 152 Å². The second-order valence-electron chi connectivity index (χ2n) is 6.23. The summed E-state index contributed by atoms with van der Waals surface area (Å²) in [7, 11) is 1.88. The highest BCUT2D eigenvalue weighted by Gasteiger charge is 2.28. The molecule has 0 bridgehead atoms. The van der Waals surface area contributed by atoms with Crippen molar-refractivity contribution in [1.29, 1.82) is 0 Å². The van der Waals surface area contributed by atoms with Crippen LogP contribution in [0.5, 0.6) is 0 Å². The first-order valence-electron chi connectivity index (χ1n) is 8.53. The summed E-state index contributed by atoms with van der Waals surface area (Å²) in [6.07, 6.45) is 2.95. The van der Waals surface area contributed by atoms with Gasteiger partial charge in [0.05, 0.1) is 5.03 Å². The molecule has 1 aromatic carbocycles. The molecule has 1 aliphatic heterocycles. The summed E-state index contributed by atoms with van der Waals surface area (Å²) in [5.41, 5.74) is 6.73. The van der Waals surface area contributed by atoms with Gasteiger partial charge >= 0.3 is 6.09 Å². The number of rotatable bonds is 5. The lowest BCUT2D eigenvalue weighted by Gasteiger charge is -2.34. The van der Waals surface area contributed by atoms with Crippen LogP contribution >= 0.6 is 11.8 Å². The number of carbonyl (C=O) groups excluding carboxylic acids is 1. The van der Waals surface area contributed by atoms with Crippen molar-refractivity contribution in [2.75, 3.05) is 18.0 Å². The van der Waals surface area contributed by atoms with E-state index < -0.39 is 0 Å². The molecule has 1 aromatic heterocycles. The van der Waals surface area contributed by atoms with Crippen molar-refractivity contribution in [3.63, 3.8) is 0 Å². The van der Waals surface area contributed by atoms with Crippen molar-refractivity contribution in [1.82, 2.24) is 14.7 Å². The summed E-state index contributed by atoms with van der Waals surface area (Å²) in [6.45, 7) is 1.07. The Morgan fingerprint density at radius 3 is 2.88 bits per heavy atom. The zero-order chi connectivity index (χ0) is 17.6. The average molecular weight is 360 g/mol. The number of aryl methyl sites for hydroxylation is 1. The standard InChI is InChI=1S/C18H24N4O2S/c1-21-17(11-16(19)20-21)25-13-15-9-5-6-10-22(15)18(23)24-12-14-7-3-2-4-8-14/h2-4,7-8,11,15H,5-6,9-10,12-13H2,1H3,(H2,19,20). The van der Waals surface area contributed by atoms with Gasteiger partial charge < -0.3 is 15.4 Å². The molecule has 7 heteroatoms. The van der Waals surface area contributed by atoms with Crippen LogP contribution in [0.1, 0.15) is 24.8 Å². The van der Waals surface area contributed by atoms with Crippen LogP contribution in [0, 0.1) is 0 Å². The zero-order valence-corrected chi connectivity index (χ0v) is 15.2. The molecule has 1 aliphatic rings. The van der Waals surface area contributed by atoms with Gasteiger partial charge in [-0.1, -0.05) is 30.3 Å². The number of likely N-dealkylation sites (tertiary alicyclic amines) is 1. The summed E-state index contributed by atoms with van der Waals surface area (Å²) in [4.78, 5) is 14.4. The van der Waals surface area contributed by atoms with E-state index in [1.54, 1.807) is 16.4 Å². The van der Waals surface area contributed by atoms with E-state index in [1.807, 2.05) is 48.3 Å². The van der Waals surface area contributed by atoms with Gasteiger partial charge in [-0.25, -0.2) is 4.79 Å². The van der Waals surface area contributed by atoms with E-state index in [-0.39, 0.29) is 12.1 Å². The molecule has 1 unspecified atom stereocenters. The molecule has 0 radical (unpaired) electrons. The molecule has 2 aromatic rings. The number of hydrogen-bond acceptors (Lipinski definition) is 5. The van der Waals surface area contributed by atoms with Crippen LogP contribution < -0.4 is 5.73 Å². The Morgan fingerprint density at radius 2 is 2.16 bits per heavy atom. The normalized spacial score (nSPS) is 17.5. The zero-order valence-electron chi connectivity index (χ0n) is 14.4. The SMILES string of the molecule is Cn1nc(N)cc1SCC1CCCCN1C(=O)OCc1ccccc1. The highest BCUT2D eigenvalue weighted by atomic mass is 32.2. The fourth-order valence-corrected chi connectivity index (χ4v) is 4.15. The van der Waals surface area contributed by atoms with Crippen LogP contribution in [0.2, 0.25) is 0 Å². The molecule has 25 heavy (non-hydrogen) atoms. The molecule has 0 aliphatic carbocycles. The number of benzene rings is 1. The molecular weight excluding hydrogens is 336 g/mol. The number of anilines is 1. The number of aromatic nitrogens is 2. The van der Waals surface area contributed by atoms with Crippen LogP contribution in [0.4, 0.5) is 10.6 Å². The maximum atomic E-state index is 12.5. The number of nitrogen functional groups attached to an aromatic ring is 1. The third kappa shape index (κ3) is 4.69. The fourth-order valence-electron chi connectivity index (χ4n) is 3.00. The molecule has 1 atom stereocenters. The Balaban J connectivity index is 1.56. The second kappa shape index (κ2) is 8.29. The van der Waals surface area contributed by atoms with Gasteiger partial charge in [0.25, 0.3) is 0 Å². The molecular formula is C18H24N4O2S. The van der Waals surface area contributed by atoms with Crippen molar-refractivity contribution in [3.05, 3.63) is 42.0 Å². The first-order chi connectivity index (χ1) is 12.1. The third-order valence-electron chi connectivity index (χ3n) is 4.35. The maximum Gasteiger partial charge on any atom is 0.410 e. The molecule has 2 heterocycles. The predicted molar refractivity (Wildman–Crippen MR) is 99.3 cm³/mol. The minimum Gasteiger partial charge on any atom is -0.445 e. The van der Waals surface area contributed by atoms with E-state index in [1.165, 1.54) is 0 Å². The van der Waals surface area contributed by atoms with Gasteiger partial charge in [0.1, 0.15) is 12.4 Å². The Morgan fingerprint density at radius 1 is 1.36 bits per heavy atom. The molecule has 3 rings (SSSR count). The van der Waals surface area contributed by atoms with E-state index in [2.05, 4.69) is 5.10 Å². The van der Waals surface area contributed by atoms with E-state index in [0.29, 0.717) is 12.4 Å². The van der Waals surface area contributed by atoms with E-state index in [0.717, 1.165) is 42.1 Å². The van der Waals surface area contributed by atoms with Crippen molar-refractivity contribution < 1.29 is 9.53 Å². The number of nitrogens with zero attached hydrogens (tertiary/aromatic N) is 3. The maximum absolute atomic E-state index is 12.5. The lowest BCUT2D eigenvalue weighted by atomic mass is 10.0. The van der Waals surface area contributed by atoms with Gasteiger partial charge in [0.15, 0.2) is 0 Å². The van der Waals surface area contributed by atoms with Crippen molar-refractivity contribution in [3.8, 4) is 0 Å². The number of carbonyl (C=O) groups is 1. The number of hydrogen-bond donors (Lipinski definition) is 1. The van der Waals surface area contributed by atoms with Crippen LogP contribution in [-0.2, 0) is 18.4 Å². The summed E-state index contributed by atoms with van der Waals surface area (Å²) in [6, 6.07) is 11.8. The van der Waals surface area contributed by atoms with Crippen molar-refractivity contribution in [2.24, 2.45) is 7.05 Å². The monoisotopic (exact) mass is 360 g/mol. The highest BCUT2D eigenvalue weighted by molar-refractivity contribution is 7.99. The van der Waals surface area contributed by atoms with Crippen LogP contribution in [0.25, 0.3) is 0 Å². The third-order valence-corrected chi connectivity index (χ3v) is 5.58. The minimum atomic E-state index is -0.223. The van der Waals surface area contributed by atoms with E-state index >= 15 is 0 Å². The second-order valence-corrected chi connectivity index (χ2v) is 7.27. The highest BCUT2D eigenvalue weighted by Crippen LogP contribution is 2.26. The summed E-state index contributed by atoms with van der Waals surface area (Å²) < 4.78 is 7.30. The van der Waals surface area contributed by atoms with Crippen LogP contribution in [-0.4, -0.2) is 39.1 Å². The largest absolute Gasteiger partial charge is 0.445 e.